The molecule has 13 nitrogen and oxygen atoms in total. The van der Waals surface area contributed by atoms with Gasteiger partial charge >= 0.3 is 0 Å². The number of benzene rings is 3. The Kier molecular flexibility index (Phi) is 10.4. The van der Waals surface area contributed by atoms with Crippen LogP contribution < -0.4 is 30.7 Å². The number of imide groups is 1. The zero-order valence-corrected chi connectivity index (χ0v) is 31.2. The Bertz CT molecular complexity index is 2200. The maximum atomic E-state index is 13.2. The summed E-state index contributed by atoms with van der Waals surface area (Å²) in [4.78, 5) is 57.3. The van der Waals surface area contributed by atoms with Crippen LogP contribution in [0.1, 0.15) is 60.5 Å². The predicted octanol–water partition coefficient (Wildman–Crippen LogP) is 4.28. The molecule has 1 aromatic heterocycles. The fraction of sp³-hybridized carbons (Fsp3) is 0.415. The monoisotopic (exact) mass is 762 g/mol. The second kappa shape index (κ2) is 15.7. The molecule has 0 radical (unpaired) electrons. The van der Waals surface area contributed by atoms with Gasteiger partial charge in [-0.25, -0.2) is 4.68 Å². The van der Waals surface area contributed by atoms with Crippen molar-refractivity contribution in [1.82, 2.24) is 25.3 Å². The first kappa shape index (κ1) is 36.5. The molecule has 1 aliphatic carbocycles. The third-order valence-corrected chi connectivity index (χ3v) is 11.7. The smallest absolute Gasteiger partial charge is 0.275 e. The molecule has 284 valence electrons. The van der Waals surface area contributed by atoms with Crippen LogP contribution in [0.3, 0.4) is 0 Å². The van der Waals surface area contributed by atoms with Crippen LogP contribution in [0.15, 0.2) is 71.7 Å². The third kappa shape index (κ3) is 8.02. The van der Waals surface area contributed by atoms with Crippen LogP contribution in [-0.2, 0) is 9.59 Å². The van der Waals surface area contributed by atoms with Crippen LogP contribution in [0, 0.1) is 17.2 Å². The molecule has 0 spiro atoms. The first-order valence-electron chi connectivity index (χ1n) is 19.1. The topological polar surface area (TPSA) is 153 Å². The molecule has 3 amide bonds. The highest BCUT2D eigenvalue weighted by atomic mass is 35.5. The maximum Gasteiger partial charge on any atom is 0.275 e. The molecule has 3 aromatic carbocycles. The van der Waals surface area contributed by atoms with Gasteiger partial charge in [0.1, 0.15) is 17.9 Å². The number of hydrogen-bond donors (Lipinski definition) is 2. The Labute approximate surface area is 323 Å². The normalized spacial score (nSPS) is 22.1. The average Bonchev–Trinajstić information content (AvgIpc) is 3.18. The molecule has 1 saturated carbocycles. The Balaban J connectivity index is 0.757. The Morgan fingerprint density at radius 1 is 0.909 bits per heavy atom. The van der Waals surface area contributed by atoms with Crippen molar-refractivity contribution < 1.29 is 19.1 Å². The highest BCUT2D eigenvalue weighted by Crippen LogP contribution is 2.29. The quantitative estimate of drug-likeness (QED) is 0.237. The van der Waals surface area contributed by atoms with Gasteiger partial charge in [-0.05, 0) is 86.7 Å². The van der Waals surface area contributed by atoms with Gasteiger partial charge in [0, 0.05) is 92.6 Å². The molecule has 55 heavy (non-hydrogen) atoms. The lowest BCUT2D eigenvalue weighted by molar-refractivity contribution is -0.136. The zero-order chi connectivity index (χ0) is 38.1. The largest absolute Gasteiger partial charge is 0.490 e. The first-order chi connectivity index (χ1) is 26.7. The molecule has 1 atom stereocenters. The number of carbonyl (C=O) groups is 3. The molecule has 4 aromatic rings. The number of anilines is 2. The predicted molar refractivity (Wildman–Crippen MR) is 209 cm³/mol. The summed E-state index contributed by atoms with van der Waals surface area (Å²) in [5, 5.41) is 20.5. The second-order valence-corrected chi connectivity index (χ2v) is 15.5. The van der Waals surface area contributed by atoms with Gasteiger partial charge in [-0.15, -0.1) is 0 Å². The SMILES string of the molecule is N#Cc1ccc(OC2CCC(NC(=O)c3ccc(N4CC(CN5CCN(c6ccc7c(=O)n([C@@H]8CCC(=O)NC8=O)ncc7c6)CC5)C4)cc3)CC2)cc1Cl. The van der Waals surface area contributed by atoms with Crippen LogP contribution >= 0.6 is 11.6 Å². The number of piperidine rings is 1. The number of nitrogens with zero attached hydrogens (tertiary/aromatic N) is 6. The number of nitriles is 1. The standard InChI is InChI=1S/C41H43ClN8O5/c42-36-20-34(9-3-28(36)21-43)55-33-10-4-30(5-11-33)45-39(52)27-1-6-31(7-2-27)49-24-26(25-49)23-47-15-17-48(18-16-47)32-8-12-35-29(19-32)22-44-50(41(35)54)37-13-14-38(51)46-40(37)53/h1-3,6-9,12,19-20,22,26,30,33,37H,4-5,10-11,13-18,23-25H2,(H,45,52)(H,46,51,53)/t30?,33?,37-/m1/s1. The highest BCUT2D eigenvalue weighted by Gasteiger charge is 2.32. The van der Waals surface area contributed by atoms with Gasteiger partial charge in [0.2, 0.25) is 5.91 Å². The molecule has 4 heterocycles. The molecule has 0 bridgehead atoms. The average molecular weight is 763 g/mol. The molecule has 4 fully saturated rings. The van der Waals surface area contributed by atoms with Crippen molar-refractivity contribution in [3.05, 3.63) is 93.4 Å². The van der Waals surface area contributed by atoms with Crippen molar-refractivity contribution in [1.29, 1.82) is 5.26 Å². The van der Waals surface area contributed by atoms with Gasteiger partial charge in [0.15, 0.2) is 0 Å². The minimum absolute atomic E-state index is 0.0518. The van der Waals surface area contributed by atoms with Crippen LogP contribution in [0.5, 0.6) is 5.75 Å². The van der Waals surface area contributed by atoms with Crippen LogP contribution in [0.4, 0.5) is 11.4 Å². The van der Waals surface area contributed by atoms with E-state index in [-0.39, 0.29) is 42.4 Å². The summed E-state index contributed by atoms with van der Waals surface area (Å²) in [6.45, 7) is 6.69. The zero-order valence-electron chi connectivity index (χ0n) is 30.5. The van der Waals surface area contributed by atoms with Gasteiger partial charge in [-0.2, -0.15) is 10.4 Å². The molecule has 14 heteroatoms. The fourth-order valence-corrected chi connectivity index (χ4v) is 8.42. The van der Waals surface area contributed by atoms with Crippen molar-refractivity contribution in [3.63, 3.8) is 0 Å². The van der Waals surface area contributed by atoms with E-state index in [1.54, 1.807) is 24.4 Å². The van der Waals surface area contributed by atoms with Crippen LogP contribution in [0.25, 0.3) is 10.8 Å². The summed E-state index contributed by atoms with van der Waals surface area (Å²) in [5.41, 5.74) is 2.94. The Morgan fingerprint density at radius 2 is 1.65 bits per heavy atom. The Hall–Kier alpha value is -5.45. The molecule has 0 unspecified atom stereocenters. The summed E-state index contributed by atoms with van der Waals surface area (Å²) in [7, 11) is 0. The second-order valence-electron chi connectivity index (χ2n) is 15.1. The van der Waals surface area contributed by atoms with E-state index in [9.17, 15) is 19.2 Å². The van der Waals surface area contributed by atoms with E-state index in [2.05, 4.69) is 36.5 Å². The van der Waals surface area contributed by atoms with Gasteiger partial charge in [0.25, 0.3) is 17.4 Å². The van der Waals surface area contributed by atoms with E-state index in [0.717, 1.165) is 88.3 Å². The van der Waals surface area contributed by atoms with Crippen molar-refractivity contribution in [3.8, 4) is 11.8 Å². The van der Waals surface area contributed by atoms with Crippen LogP contribution in [-0.4, -0.2) is 90.4 Å². The lowest BCUT2D eigenvalue weighted by Gasteiger charge is -2.45. The van der Waals surface area contributed by atoms with E-state index < -0.39 is 11.9 Å². The molecule has 4 aliphatic rings. The van der Waals surface area contributed by atoms with E-state index in [0.29, 0.717) is 33.2 Å². The van der Waals surface area contributed by atoms with Crippen molar-refractivity contribution in [2.45, 2.75) is 56.7 Å². The number of ether oxygens (including phenoxy) is 1. The maximum absolute atomic E-state index is 13.2. The molecular formula is C41H43ClN8O5. The number of carbonyl (C=O) groups excluding carboxylic acids is 3. The van der Waals surface area contributed by atoms with Gasteiger partial charge in [-0.1, -0.05) is 11.6 Å². The third-order valence-electron chi connectivity index (χ3n) is 11.4. The fourth-order valence-electron chi connectivity index (χ4n) is 8.21. The summed E-state index contributed by atoms with van der Waals surface area (Å²) < 4.78 is 7.29. The lowest BCUT2D eigenvalue weighted by Crippen LogP contribution is -2.55. The molecule has 3 aliphatic heterocycles. The molecule has 8 rings (SSSR count). The lowest BCUT2D eigenvalue weighted by atomic mass is 9.92. The van der Waals surface area contributed by atoms with Crippen LogP contribution in [0.2, 0.25) is 5.02 Å². The number of fused-ring (bicyclic) bond motifs is 1. The van der Waals surface area contributed by atoms with E-state index >= 15 is 0 Å². The minimum Gasteiger partial charge on any atom is -0.490 e. The number of rotatable bonds is 9. The number of nitrogens with one attached hydrogen (secondary N) is 2. The van der Waals surface area contributed by atoms with Crippen molar-refractivity contribution in [2.75, 3.05) is 55.6 Å². The molecular weight excluding hydrogens is 720 g/mol. The highest BCUT2D eigenvalue weighted by molar-refractivity contribution is 6.31. The van der Waals surface area contributed by atoms with E-state index in [1.165, 1.54) is 4.68 Å². The van der Waals surface area contributed by atoms with Gasteiger partial charge in [0.05, 0.1) is 28.3 Å². The number of amides is 3. The molecule has 3 saturated heterocycles. The number of hydrogen-bond acceptors (Lipinski definition) is 10. The number of piperazine rings is 1. The van der Waals surface area contributed by atoms with E-state index in [4.69, 9.17) is 21.6 Å². The minimum atomic E-state index is -0.780. The number of aromatic nitrogens is 2. The van der Waals surface area contributed by atoms with Gasteiger partial charge in [-0.3, -0.25) is 29.4 Å². The number of halogens is 1. The van der Waals surface area contributed by atoms with E-state index in [1.807, 2.05) is 42.5 Å². The summed E-state index contributed by atoms with van der Waals surface area (Å²) in [6, 6.07) is 20.2. The van der Waals surface area contributed by atoms with Crippen molar-refractivity contribution in [2.24, 2.45) is 5.92 Å². The summed E-state index contributed by atoms with van der Waals surface area (Å²) in [5.74, 6) is 0.377. The summed E-state index contributed by atoms with van der Waals surface area (Å²) >= 11 is 6.15. The molecule has 2 N–H and O–H groups in total. The van der Waals surface area contributed by atoms with Crippen molar-refractivity contribution >= 4 is 51.5 Å². The summed E-state index contributed by atoms with van der Waals surface area (Å²) in [6.07, 6.45) is 5.46. The van der Waals surface area contributed by atoms with Gasteiger partial charge < -0.3 is 19.9 Å². The first-order valence-corrected chi connectivity index (χ1v) is 19.4. The Morgan fingerprint density at radius 3 is 2.36 bits per heavy atom.